The summed E-state index contributed by atoms with van der Waals surface area (Å²) in [6.07, 6.45) is 1.83. The van der Waals surface area contributed by atoms with E-state index in [-0.39, 0.29) is 18.4 Å². The van der Waals surface area contributed by atoms with Crippen molar-refractivity contribution in [1.82, 2.24) is 5.32 Å². The first-order valence-corrected chi connectivity index (χ1v) is 5.86. The Hall–Kier alpha value is -0.710. The van der Waals surface area contributed by atoms with E-state index >= 15 is 0 Å². The quantitative estimate of drug-likeness (QED) is 0.694. The number of hydrogen-bond acceptors (Lipinski definition) is 3. The molecular weight excluding hydrogens is 202 g/mol. The van der Waals surface area contributed by atoms with Gasteiger partial charge in [0.05, 0.1) is 11.7 Å². The Kier molecular flexibility index (Phi) is 6.36. The molecule has 14 heavy (non-hydrogen) atoms. The zero-order chi connectivity index (χ0) is 11.1. The largest absolute Gasteiger partial charge is 0.481 e. The number of hydrogen-bond donors (Lipinski definition) is 2. The zero-order valence-electron chi connectivity index (χ0n) is 8.74. The van der Waals surface area contributed by atoms with Crippen LogP contribution in [0.2, 0.25) is 0 Å². The topological polar surface area (TPSA) is 66.4 Å². The molecule has 0 saturated carbocycles. The van der Waals surface area contributed by atoms with Crippen molar-refractivity contribution in [3.63, 3.8) is 0 Å². The third-order valence-corrected chi connectivity index (χ3v) is 2.47. The molecule has 0 rings (SSSR count). The molecule has 1 unspecified atom stereocenters. The maximum absolute atomic E-state index is 11.1. The van der Waals surface area contributed by atoms with Crippen LogP contribution in [-0.2, 0) is 9.59 Å². The average Bonchev–Trinajstić information content (AvgIpc) is 2.03. The fourth-order valence-corrected chi connectivity index (χ4v) is 1.38. The fraction of sp³-hybridized carbons (Fsp3) is 0.778. The summed E-state index contributed by atoms with van der Waals surface area (Å²) in [7, 11) is 0. The monoisotopic (exact) mass is 219 g/mol. The lowest BCUT2D eigenvalue weighted by Crippen LogP contribution is -2.36. The second kappa shape index (κ2) is 6.70. The molecule has 0 aliphatic carbocycles. The molecule has 0 spiro atoms. The highest BCUT2D eigenvalue weighted by molar-refractivity contribution is 7.99. The number of amides is 1. The van der Waals surface area contributed by atoms with E-state index in [2.05, 4.69) is 5.32 Å². The van der Waals surface area contributed by atoms with Crippen molar-refractivity contribution in [2.24, 2.45) is 11.8 Å². The summed E-state index contributed by atoms with van der Waals surface area (Å²) in [6, 6.07) is 0. The number of aliphatic carboxylic acids is 1. The lowest BCUT2D eigenvalue weighted by Gasteiger charge is -2.16. The summed E-state index contributed by atoms with van der Waals surface area (Å²) in [5.41, 5.74) is 0. The Balaban J connectivity index is 3.94. The van der Waals surface area contributed by atoms with Gasteiger partial charge < -0.3 is 10.4 Å². The van der Waals surface area contributed by atoms with E-state index in [9.17, 15) is 9.59 Å². The third kappa shape index (κ3) is 5.11. The minimum absolute atomic E-state index is 0.0297. The highest BCUT2D eigenvalue weighted by Gasteiger charge is 2.21. The van der Waals surface area contributed by atoms with Crippen molar-refractivity contribution in [2.75, 3.05) is 18.6 Å². The average molecular weight is 219 g/mol. The number of carboxylic acids is 1. The van der Waals surface area contributed by atoms with Gasteiger partial charge in [0, 0.05) is 6.54 Å². The van der Waals surface area contributed by atoms with Gasteiger partial charge in [-0.15, -0.1) is 0 Å². The van der Waals surface area contributed by atoms with Crippen molar-refractivity contribution < 1.29 is 14.7 Å². The van der Waals surface area contributed by atoms with Gasteiger partial charge in [-0.2, -0.15) is 11.8 Å². The first-order valence-electron chi connectivity index (χ1n) is 4.47. The van der Waals surface area contributed by atoms with Gasteiger partial charge >= 0.3 is 5.97 Å². The minimum atomic E-state index is -0.857. The first-order chi connectivity index (χ1) is 6.49. The van der Waals surface area contributed by atoms with E-state index in [1.165, 1.54) is 11.8 Å². The van der Waals surface area contributed by atoms with E-state index < -0.39 is 11.9 Å². The summed E-state index contributed by atoms with van der Waals surface area (Å²) in [4.78, 5) is 21.8. The standard InChI is InChI=1S/C9H17NO3S/c1-6(2)7(9(12)13)4-10-8(11)5-14-3/h6-7H,4-5H2,1-3H3,(H,10,11)(H,12,13). The normalized spacial score (nSPS) is 12.6. The van der Waals surface area contributed by atoms with Gasteiger partial charge in [0.25, 0.3) is 0 Å². The molecule has 0 aromatic heterocycles. The lowest BCUT2D eigenvalue weighted by atomic mass is 9.96. The van der Waals surface area contributed by atoms with E-state index in [4.69, 9.17) is 5.11 Å². The molecular formula is C9H17NO3S. The van der Waals surface area contributed by atoms with Crippen LogP contribution in [0, 0.1) is 11.8 Å². The molecule has 0 aromatic carbocycles. The summed E-state index contributed by atoms with van der Waals surface area (Å²) in [6.45, 7) is 3.88. The van der Waals surface area contributed by atoms with Crippen molar-refractivity contribution in [3.05, 3.63) is 0 Å². The molecule has 0 aliphatic heterocycles. The number of carboxylic acid groups (broad SMARTS) is 1. The van der Waals surface area contributed by atoms with Crippen LogP contribution in [0.4, 0.5) is 0 Å². The molecule has 0 heterocycles. The zero-order valence-corrected chi connectivity index (χ0v) is 9.56. The summed E-state index contributed by atoms with van der Waals surface area (Å²) < 4.78 is 0. The van der Waals surface area contributed by atoms with E-state index in [0.29, 0.717) is 5.75 Å². The number of nitrogens with one attached hydrogen (secondary N) is 1. The Morgan fingerprint density at radius 2 is 2.00 bits per heavy atom. The predicted octanol–water partition coefficient (Wildman–Crippen LogP) is 0.822. The van der Waals surface area contributed by atoms with Crippen molar-refractivity contribution >= 4 is 23.6 Å². The molecule has 5 heteroatoms. The van der Waals surface area contributed by atoms with Crippen LogP contribution in [0.25, 0.3) is 0 Å². The van der Waals surface area contributed by atoms with Crippen molar-refractivity contribution in [2.45, 2.75) is 13.8 Å². The lowest BCUT2D eigenvalue weighted by molar-refractivity contribution is -0.143. The summed E-state index contributed by atoms with van der Waals surface area (Å²) >= 11 is 1.42. The molecule has 1 amide bonds. The van der Waals surface area contributed by atoms with Crippen LogP contribution in [0.3, 0.4) is 0 Å². The van der Waals surface area contributed by atoms with Crippen LogP contribution >= 0.6 is 11.8 Å². The summed E-state index contributed by atoms with van der Waals surface area (Å²) in [5, 5.41) is 11.4. The molecule has 0 fully saturated rings. The first kappa shape index (κ1) is 13.3. The molecule has 0 aliphatic rings. The molecule has 4 nitrogen and oxygen atoms in total. The predicted molar refractivity (Wildman–Crippen MR) is 57.4 cm³/mol. The molecule has 0 aromatic rings. The Morgan fingerprint density at radius 1 is 1.43 bits per heavy atom. The molecule has 0 radical (unpaired) electrons. The molecule has 0 saturated heterocycles. The van der Waals surface area contributed by atoms with Crippen LogP contribution < -0.4 is 5.32 Å². The molecule has 82 valence electrons. The number of carbonyl (C=O) groups excluding carboxylic acids is 1. The Bertz CT molecular complexity index is 206. The fourth-order valence-electron chi connectivity index (χ4n) is 1.01. The minimum Gasteiger partial charge on any atom is -0.481 e. The number of rotatable bonds is 6. The second-order valence-corrected chi connectivity index (χ2v) is 4.29. The Labute approximate surface area is 88.4 Å². The maximum atomic E-state index is 11.1. The Morgan fingerprint density at radius 3 is 2.36 bits per heavy atom. The van der Waals surface area contributed by atoms with E-state index in [0.717, 1.165) is 0 Å². The van der Waals surface area contributed by atoms with E-state index in [1.807, 2.05) is 20.1 Å². The van der Waals surface area contributed by atoms with Gasteiger partial charge in [-0.1, -0.05) is 13.8 Å². The van der Waals surface area contributed by atoms with Crippen LogP contribution in [0.15, 0.2) is 0 Å². The molecule has 2 N–H and O–H groups in total. The SMILES string of the molecule is CSCC(=O)NCC(C(=O)O)C(C)C. The highest BCUT2D eigenvalue weighted by Crippen LogP contribution is 2.09. The van der Waals surface area contributed by atoms with Gasteiger partial charge in [-0.25, -0.2) is 0 Å². The highest BCUT2D eigenvalue weighted by atomic mass is 32.2. The van der Waals surface area contributed by atoms with Gasteiger partial charge in [-0.3, -0.25) is 9.59 Å². The van der Waals surface area contributed by atoms with Crippen molar-refractivity contribution in [1.29, 1.82) is 0 Å². The third-order valence-electron chi connectivity index (χ3n) is 1.92. The van der Waals surface area contributed by atoms with Gasteiger partial charge in [0.2, 0.25) is 5.91 Å². The second-order valence-electron chi connectivity index (χ2n) is 3.43. The maximum Gasteiger partial charge on any atom is 0.308 e. The van der Waals surface area contributed by atoms with Gasteiger partial charge in [-0.05, 0) is 12.2 Å². The van der Waals surface area contributed by atoms with Crippen LogP contribution in [0.1, 0.15) is 13.8 Å². The smallest absolute Gasteiger partial charge is 0.308 e. The van der Waals surface area contributed by atoms with Crippen LogP contribution in [-0.4, -0.2) is 35.5 Å². The van der Waals surface area contributed by atoms with Gasteiger partial charge in [0.1, 0.15) is 0 Å². The van der Waals surface area contributed by atoms with E-state index in [1.54, 1.807) is 0 Å². The molecule has 0 bridgehead atoms. The summed E-state index contributed by atoms with van der Waals surface area (Å²) in [5.74, 6) is -1.05. The number of thioether (sulfide) groups is 1. The van der Waals surface area contributed by atoms with Crippen molar-refractivity contribution in [3.8, 4) is 0 Å². The number of carbonyl (C=O) groups is 2. The van der Waals surface area contributed by atoms with Gasteiger partial charge in [0.15, 0.2) is 0 Å². The van der Waals surface area contributed by atoms with Crippen LogP contribution in [0.5, 0.6) is 0 Å². The molecule has 1 atom stereocenters.